The molecule has 1 aromatic carbocycles. The summed E-state index contributed by atoms with van der Waals surface area (Å²) in [6.45, 7) is 3.25. The highest BCUT2D eigenvalue weighted by molar-refractivity contribution is 7.18. The third-order valence-corrected chi connectivity index (χ3v) is 8.31. The number of thiophene rings is 1. The monoisotopic (exact) mass is 654 g/mol. The van der Waals surface area contributed by atoms with E-state index in [2.05, 4.69) is 20.1 Å². The number of alkyl halides is 3. The van der Waals surface area contributed by atoms with Crippen molar-refractivity contribution >= 4 is 50.2 Å². The van der Waals surface area contributed by atoms with Crippen LogP contribution in [-0.2, 0) is 19.8 Å². The van der Waals surface area contributed by atoms with Crippen molar-refractivity contribution in [2.24, 2.45) is 7.05 Å². The molecule has 0 aliphatic rings. The first kappa shape index (κ1) is 30.2. The lowest BCUT2D eigenvalue weighted by Crippen LogP contribution is -2.27. The van der Waals surface area contributed by atoms with E-state index in [1.807, 2.05) is 6.07 Å². The van der Waals surface area contributed by atoms with Gasteiger partial charge >= 0.3 is 12.1 Å². The van der Waals surface area contributed by atoms with Crippen LogP contribution in [0.15, 0.2) is 52.8 Å². The number of aryl methyl sites for hydroxylation is 3. The fraction of sp³-hybridized carbons (Fsp3) is 0.200. The molecule has 0 atom stereocenters. The molecule has 6 rings (SSSR count). The van der Waals surface area contributed by atoms with Gasteiger partial charge in [-0.2, -0.15) is 18.3 Å². The summed E-state index contributed by atoms with van der Waals surface area (Å²) in [5.41, 5.74) is -0.275. The van der Waals surface area contributed by atoms with Gasteiger partial charge in [-0.15, -0.1) is 11.3 Å². The van der Waals surface area contributed by atoms with Gasteiger partial charge in [0.2, 0.25) is 0 Å². The third-order valence-electron chi connectivity index (χ3n) is 7.07. The number of aromatic nitrogens is 6. The van der Waals surface area contributed by atoms with Crippen molar-refractivity contribution in [2.75, 3.05) is 6.61 Å². The molecular formula is C30H22ClF3N6O4S. The number of carboxylic acid groups (broad SMARTS) is 1. The van der Waals surface area contributed by atoms with Crippen molar-refractivity contribution in [2.45, 2.75) is 26.6 Å². The number of halogens is 4. The van der Waals surface area contributed by atoms with Crippen LogP contribution in [0.3, 0.4) is 0 Å². The van der Waals surface area contributed by atoms with Crippen molar-refractivity contribution in [3.05, 3.63) is 86.0 Å². The van der Waals surface area contributed by atoms with Gasteiger partial charge in [0.15, 0.2) is 5.52 Å². The van der Waals surface area contributed by atoms with Crippen LogP contribution in [0, 0.1) is 13.8 Å². The predicted octanol–water partition coefficient (Wildman–Crippen LogP) is 6.53. The van der Waals surface area contributed by atoms with E-state index < -0.39 is 29.0 Å². The summed E-state index contributed by atoms with van der Waals surface area (Å²) in [6, 6.07) is 9.02. The van der Waals surface area contributed by atoms with Crippen LogP contribution in [0.2, 0.25) is 5.02 Å². The maximum Gasteiger partial charge on any atom is 0.418 e. The zero-order chi connectivity index (χ0) is 32.2. The second kappa shape index (κ2) is 11.3. The number of nitrogens with zero attached hydrogens (tertiary/aromatic N) is 6. The Morgan fingerprint density at radius 3 is 2.53 bits per heavy atom. The first-order valence-electron chi connectivity index (χ1n) is 13.4. The van der Waals surface area contributed by atoms with Gasteiger partial charge in [0.1, 0.15) is 29.6 Å². The number of aromatic carboxylic acids is 1. The molecule has 15 heteroatoms. The van der Waals surface area contributed by atoms with E-state index in [0.29, 0.717) is 37.8 Å². The molecule has 0 saturated carbocycles. The number of rotatable bonds is 7. The normalized spacial score (nSPS) is 11.9. The molecule has 230 valence electrons. The van der Waals surface area contributed by atoms with Gasteiger partial charge in [-0.1, -0.05) is 11.6 Å². The van der Waals surface area contributed by atoms with Crippen LogP contribution in [0.5, 0.6) is 5.75 Å². The highest BCUT2D eigenvalue weighted by Crippen LogP contribution is 2.40. The Morgan fingerprint density at radius 1 is 1.07 bits per heavy atom. The lowest BCUT2D eigenvalue weighted by molar-refractivity contribution is -0.137. The van der Waals surface area contributed by atoms with E-state index in [4.69, 9.17) is 16.3 Å². The molecule has 0 spiro atoms. The number of pyridine rings is 2. The highest BCUT2D eigenvalue weighted by Gasteiger charge is 2.36. The van der Waals surface area contributed by atoms with E-state index in [-0.39, 0.29) is 41.3 Å². The van der Waals surface area contributed by atoms with Crippen molar-refractivity contribution in [1.29, 1.82) is 0 Å². The van der Waals surface area contributed by atoms with Crippen molar-refractivity contribution < 1.29 is 27.8 Å². The maximum absolute atomic E-state index is 14.0. The van der Waals surface area contributed by atoms with Crippen LogP contribution in [-0.4, -0.2) is 47.0 Å². The molecule has 0 radical (unpaired) electrons. The van der Waals surface area contributed by atoms with Crippen molar-refractivity contribution in [3.8, 4) is 28.3 Å². The predicted molar refractivity (Wildman–Crippen MR) is 163 cm³/mol. The zero-order valence-corrected chi connectivity index (χ0v) is 25.4. The molecule has 0 amide bonds. The van der Waals surface area contributed by atoms with Gasteiger partial charge in [-0.3, -0.25) is 19.0 Å². The first-order valence-corrected chi connectivity index (χ1v) is 14.6. The molecule has 1 N–H and O–H groups in total. The number of ether oxygens (including phenoxy) is 1. The number of carbonyl (C=O) groups is 1. The van der Waals surface area contributed by atoms with E-state index in [9.17, 15) is 27.9 Å². The van der Waals surface area contributed by atoms with Gasteiger partial charge < -0.3 is 9.84 Å². The van der Waals surface area contributed by atoms with Crippen LogP contribution in [0.1, 0.15) is 27.4 Å². The Balaban J connectivity index is 1.36. The number of hydrogen-bond donors (Lipinski definition) is 1. The molecule has 6 aromatic rings. The molecule has 0 unspecified atom stereocenters. The fourth-order valence-electron chi connectivity index (χ4n) is 5.04. The molecule has 0 bridgehead atoms. The highest BCUT2D eigenvalue weighted by atomic mass is 35.5. The van der Waals surface area contributed by atoms with Crippen LogP contribution in [0.4, 0.5) is 13.2 Å². The largest absolute Gasteiger partial charge is 0.491 e. The van der Waals surface area contributed by atoms with Crippen molar-refractivity contribution in [1.82, 2.24) is 29.3 Å². The smallest absolute Gasteiger partial charge is 0.418 e. The summed E-state index contributed by atoms with van der Waals surface area (Å²) in [6.07, 6.45) is -3.27. The number of hydrogen-bond acceptors (Lipinski definition) is 8. The lowest BCUT2D eigenvalue weighted by Gasteiger charge is -2.16. The Hall–Kier alpha value is -4.82. The quantitative estimate of drug-likeness (QED) is 0.206. The molecule has 0 saturated heterocycles. The number of benzene rings is 1. The first-order chi connectivity index (χ1) is 21.3. The third kappa shape index (κ3) is 5.62. The molecule has 0 fully saturated rings. The molecular weight excluding hydrogens is 633 g/mol. The second-order valence-electron chi connectivity index (χ2n) is 10.2. The van der Waals surface area contributed by atoms with Gasteiger partial charge in [-0.05, 0) is 50.2 Å². The Bertz CT molecular complexity index is 2210. The maximum atomic E-state index is 14.0. The minimum absolute atomic E-state index is 0.00421. The van der Waals surface area contributed by atoms with Gasteiger partial charge in [0.05, 0.1) is 33.4 Å². The summed E-state index contributed by atoms with van der Waals surface area (Å²) >= 11 is 7.58. The summed E-state index contributed by atoms with van der Waals surface area (Å²) in [5, 5.41) is 15.6. The average molecular weight is 655 g/mol. The van der Waals surface area contributed by atoms with Crippen molar-refractivity contribution in [3.63, 3.8) is 0 Å². The second-order valence-corrected chi connectivity index (χ2v) is 11.5. The van der Waals surface area contributed by atoms with E-state index in [1.165, 1.54) is 45.2 Å². The number of carboxylic acids is 1. The molecule has 45 heavy (non-hydrogen) atoms. The zero-order valence-electron chi connectivity index (χ0n) is 23.8. The lowest BCUT2D eigenvalue weighted by atomic mass is 10.0. The summed E-state index contributed by atoms with van der Waals surface area (Å²) in [5.74, 6) is -0.491. The standard InChI is InChI=1S/C30H22ClF3N6O4S/c1-14-10-18(27-24(35-14)19(13-45-27)29(42)43)17-11-16(31)4-5-23(17)44-9-8-40-15(2)36-22-12-20(30(32,33)34)25(37-26(22)28(40)41)21-6-7-39(3)38-21/h4-7,10-13H,8-9H2,1-3H3,(H,42,43). The van der Waals surface area contributed by atoms with E-state index >= 15 is 0 Å². The molecule has 0 aliphatic carbocycles. The minimum atomic E-state index is -4.75. The molecule has 0 aliphatic heterocycles. The molecule has 10 nitrogen and oxygen atoms in total. The van der Waals surface area contributed by atoms with E-state index in [1.54, 1.807) is 32.2 Å². The average Bonchev–Trinajstić information content (AvgIpc) is 3.60. The Morgan fingerprint density at radius 2 is 1.84 bits per heavy atom. The Kier molecular flexibility index (Phi) is 7.57. The Labute approximate surface area is 261 Å². The summed E-state index contributed by atoms with van der Waals surface area (Å²) in [4.78, 5) is 38.1. The SMILES string of the molecule is Cc1cc(-c2cc(Cl)ccc2OCCn2c(C)nc3cc(C(F)(F)F)c(-c4ccn(C)n4)nc3c2=O)c2scc(C(=O)O)c2n1. The van der Waals surface area contributed by atoms with Gasteiger partial charge in [-0.25, -0.2) is 14.8 Å². The van der Waals surface area contributed by atoms with Crippen LogP contribution < -0.4 is 10.3 Å². The van der Waals surface area contributed by atoms with Crippen LogP contribution >= 0.6 is 22.9 Å². The minimum Gasteiger partial charge on any atom is -0.491 e. The van der Waals surface area contributed by atoms with Gasteiger partial charge in [0, 0.05) is 40.5 Å². The topological polar surface area (TPSA) is 125 Å². The summed E-state index contributed by atoms with van der Waals surface area (Å²) < 4.78 is 51.3. The fourth-order valence-corrected chi connectivity index (χ4v) is 6.23. The van der Waals surface area contributed by atoms with Crippen LogP contribution in [0.25, 0.3) is 43.8 Å². The van der Waals surface area contributed by atoms with E-state index in [0.717, 1.165) is 6.07 Å². The number of fused-ring (bicyclic) bond motifs is 2. The molecule has 5 heterocycles. The summed E-state index contributed by atoms with van der Waals surface area (Å²) in [7, 11) is 1.56. The van der Waals surface area contributed by atoms with Gasteiger partial charge in [0.25, 0.3) is 5.56 Å². The molecule has 5 aromatic heterocycles.